The molecule has 2 unspecified atom stereocenters. The first-order valence-corrected chi connectivity index (χ1v) is 8.86. The second kappa shape index (κ2) is 8.44. The Hall–Kier alpha value is -1.19. The lowest BCUT2D eigenvalue weighted by Crippen LogP contribution is -2.44. The van der Waals surface area contributed by atoms with E-state index >= 15 is 0 Å². The third kappa shape index (κ3) is 5.54. The predicted octanol–water partition coefficient (Wildman–Crippen LogP) is 4.43. The van der Waals surface area contributed by atoms with Crippen molar-refractivity contribution >= 4 is 11.0 Å². The molecule has 0 spiro atoms. The van der Waals surface area contributed by atoms with Crippen LogP contribution in [0.5, 0.6) is 0 Å². The Morgan fingerprint density at radius 1 is 1.18 bits per heavy atom. The molecule has 0 aromatic heterocycles. The van der Waals surface area contributed by atoms with Crippen LogP contribution in [0.1, 0.15) is 38.3 Å². The van der Waals surface area contributed by atoms with Gasteiger partial charge in [0.2, 0.25) is 0 Å². The van der Waals surface area contributed by atoms with Crippen LogP contribution in [0.25, 0.3) is 0 Å². The van der Waals surface area contributed by atoms with E-state index in [-0.39, 0.29) is 10.8 Å². The molecule has 0 fully saturated rings. The summed E-state index contributed by atoms with van der Waals surface area (Å²) in [6.45, 7) is 16.4. The van der Waals surface area contributed by atoms with E-state index in [1.165, 1.54) is 11.1 Å². The number of rotatable bonds is 8. The Balaban J connectivity index is 3.02. The fourth-order valence-electron chi connectivity index (χ4n) is 2.32. The fourth-order valence-corrected chi connectivity index (χ4v) is 3.70. The Labute approximate surface area is 138 Å². The lowest BCUT2D eigenvalue weighted by Gasteiger charge is -2.34. The summed E-state index contributed by atoms with van der Waals surface area (Å²) in [5.41, 5.74) is 2.52. The molecule has 0 saturated carbocycles. The summed E-state index contributed by atoms with van der Waals surface area (Å²) in [6, 6.07) is 8.71. The van der Waals surface area contributed by atoms with Gasteiger partial charge in [-0.3, -0.25) is 0 Å². The third-order valence-electron chi connectivity index (χ3n) is 3.48. The topological polar surface area (TPSA) is 20.3 Å². The average Bonchev–Trinajstić information content (AvgIpc) is 2.45. The van der Waals surface area contributed by atoms with Crippen molar-refractivity contribution in [3.63, 3.8) is 0 Å². The van der Waals surface area contributed by atoms with Gasteiger partial charge in [-0.15, -0.1) is 13.2 Å². The normalized spacial score (nSPS) is 14.6. The molecule has 0 aliphatic rings. The molecule has 1 aromatic carbocycles. The van der Waals surface area contributed by atoms with Crippen LogP contribution in [0.2, 0.25) is 0 Å². The summed E-state index contributed by atoms with van der Waals surface area (Å²) in [6.07, 6.45) is 5.41. The molecule has 22 heavy (non-hydrogen) atoms. The Morgan fingerprint density at radius 2 is 1.77 bits per heavy atom. The van der Waals surface area contributed by atoms with Crippen molar-refractivity contribution in [2.75, 3.05) is 6.54 Å². The van der Waals surface area contributed by atoms with Gasteiger partial charge < -0.3 is 0 Å². The minimum Gasteiger partial charge on any atom is -0.242 e. The van der Waals surface area contributed by atoms with Crippen molar-refractivity contribution in [3.8, 4) is 0 Å². The van der Waals surface area contributed by atoms with E-state index in [2.05, 4.69) is 48.7 Å². The first-order valence-electron chi connectivity index (χ1n) is 7.75. The number of benzene rings is 1. The molecule has 2 atom stereocenters. The van der Waals surface area contributed by atoms with E-state index in [4.69, 9.17) is 0 Å². The molecule has 1 aromatic rings. The average molecular weight is 320 g/mol. The highest BCUT2D eigenvalue weighted by atomic mass is 32.2. The minimum absolute atomic E-state index is 0.165. The van der Waals surface area contributed by atoms with Crippen LogP contribution in [-0.4, -0.2) is 25.8 Å². The van der Waals surface area contributed by atoms with Crippen LogP contribution < -0.4 is 0 Å². The van der Waals surface area contributed by atoms with Gasteiger partial charge in [0.25, 0.3) is 0 Å². The molecule has 0 amide bonds. The lowest BCUT2D eigenvalue weighted by atomic mass is 10.0. The van der Waals surface area contributed by atoms with E-state index in [9.17, 15) is 4.21 Å². The van der Waals surface area contributed by atoms with Gasteiger partial charge in [0, 0.05) is 12.6 Å². The fraction of sp³-hybridized carbons (Fsp3) is 0.474. The second-order valence-electron chi connectivity index (χ2n) is 6.62. The van der Waals surface area contributed by atoms with Crippen LogP contribution in [-0.2, 0) is 17.4 Å². The zero-order valence-corrected chi connectivity index (χ0v) is 15.2. The molecule has 122 valence electrons. The molecule has 0 aliphatic carbocycles. The smallest absolute Gasteiger partial charge is 0.100 e. The maximum absolute atomic E-state index is 12.9. The summed E-state index contributed by atoms with van der Waals surface area (Å²) in [5, 5.41) is 0. The van der Waals surface area contributed by atoms with E-state index in [1.807, 2.05) is 32.9 Å². The van der Waals surface area contributed by atoms with Gasteiger partial charge in [-0.2, -0.15) is 0 Å². The highest BCUT2D eigenvalue weighted by molar-refractivity contribution is 7.84. The van der Waals surface area contributed by atoms with Gasteiger partial charge in [0.05, 0.1) is 4.75 Å². The van der Waals surface area contributed by atoms with E-state index < -0.39 is 11.0 Å². The molecule has 0 radical (unpaired) electrons. The number of hydrogen-bond donors (Lipinski definition) is 0. The maximum Gasteiger partial charge on any atom is 0.100 e. The first kappa shape index (κ1) is 18.9. The molecular weight excluding hydrogens is 290 g/mol. The zero-order valence-electron chi connectivity index (χ0n) is 14.3. The highest BCUT2D eigenvalue weighted by Crippen LogP contribution is 2.22. The standard InChI is InChI=1S/C19H29NOS/c1-7-9-18(15-17-12-10-16(3)11-13-17)20(14-8-2)22(21)19(4,5)6/h7-8,10-13,18H,1-2,9,14-15H2,3-6H3. The zero-order chi connectivity index (χ0) is 16.8. The van der Waals surface area contributed by atoms with Crippen LogP contribution in [0.4, 0.5) is 0 Å². The molecule has 0 aliphatic heterocycles. The van der Waals surface area contributed by atoms with Crippen LogP contribution >= 0.6 is 0 Å². The number of aryl methyl sites for hydroxylation is 1. The van der Waals surface area contributed by atoms with Gasteiger partial charge >= 0.3 is 0 Å². The molecule has 0 saturated heterocycles. The summed E-state index contributed by atoms with van der Waals surface area (Å²) in [7, 11) is -1.07. The predicted molar refractivity (Wildman–Crippen MR) is 98.3 cm³/mol. The quantitative estimate of drug-likeness (QED) is 0.649. The monoisotopic (exact) mass is 319 g/mol. The highest BCUT2D eigenvalue weighted by Gasteiger charge is 2.30. The molecule has 0 heterocycles. The molecule has 0 N–H and O–H groups in total. The van der Waals surface area contributed by atoms with Gasteiger partial charge in [-0.05, 0) is 46.1 Å². The second-order valence-corrected chi connectivity index (χ2v) is 8.81. The number of hydrogen-bond acceptors (Lipinski definition) is 1. The summed E-state index contributed by atoms with van der Waals surface area (Å²) in [4.78, 5) is 0. The number of nitrogens with zero attached hydrogens (tertiary/aromatic N) is 1. The molecule has 0 bridgehead atoms. The molecule has 1 rings (SSSR count). The Morgan fingerprint density at radius 3 is 2.23 bits per heavy atom. The van der Waals surface area contributed by atoms with Crippen LogP contribution in [0.15, 0.2) is 49.6 Å². The van der Waals surface area contributed by atoms with Gasteiger partial charge in [-0.25, -0.2) is 8.51 Å². The van der Waals surface area contributed by atoms with Crippen molar-refractivity contribution in [1.29, 1.82) is 0 Å². The minimum atomic E-state index is -1.07. The first-order chi connectivity index (χ1) is 10.3. The van der Waals surface area contributed by atoms with Crippen molar-refractivity contribution < 1.29 is 4.21 Å². The van der Waals surface area contributed by atoms with Gasteiger partial charge in [-0.1, -0.05) is 42.0 Å². The maximum atomic E-state index is 12.9. The summed E-state index contributed by atoms with van der Waals surface area (Å²) < 4.78 is 14.6. The Bertz CT molecular complexity index is 513. The van der Waals surface area contributed by atoms with E-state index in [1.54, 1.807) is 0 Å². The van der Waals surface area contributed by atoms with Crippen molar-refractivity contribution in [1.82, 2.24) is 4.31 Å². The molecule has 2 nitrogen and oxygen atoms in total. The van der Waals surface area contributed by atoms with Crippen molar-refractivity contribution in [2.24, 2.45) is 0 Å². The van der Waals surface area contributed by atoms with Crippen molar-refractivity contribution in [3.05, 3.63) is 60.7 Å². The lowest BCUT2D eigenvalue weighted by molar-refractivity contribution is 0.354. The van der Waals surface area contributed by atoms with Crippen LogP contribution in [0.3, 0.4) is 0 Å². The van der Waals surface area contributed by atoms with E-state index in [0.29, 0.717) is 6.54 Å². The van der Waals surface area contributed by atoms with Gasteiger partial charge in [0.15, 0.2) is 0 Å². The largest absolute Gasteiger partial charge is 0.242 e. The molecule has 3 heteroatoms. The van der Waals surface area contributed by atoms with Gasteiger partial charge in [0.1, 0.15) is 11.0 Å². The molecular formula is C19H29NOS. The van der Waals surface area contributed by atoms with Crippen LogP contribution in [0, 0.1) is 6.92 Å². The third-order valence-corrected chi connectivity index (χ3v) is 5.40. The Kier molecular flexibility index (Phi) is 7.24. The SMILES string of the molecule is C=CCC(Cc1ccc(C)cc1)N(CC=C)S(=O)C(C)(C)C. The van der Waals surface area contributed by atoms with Crippen molar-refractivity contribution in [2.45, 2.75) is 51.3 Å². The summed E-state index contributed by atoms with van der Waals surface area (Å²) >= 11 is 0. The summed E-state index contributed by atoms with van der Waals surface area (Å²) in [5.74, 6) is 0. The van der Waals surface area contributed by atoms with E-state index in [0.717, 1.165) is 12.8 Å².